The van der Waals surface area contributed by atoms with Crippen LogP contribution in [-0.4, -0.2) is 140 Å². The van der Waals surface area contributed by atoms with Crippen molar-refractivity contribution in [3.63, 3.8) is 0 Å². The second-order valence-corrected chi connectivity index (χ2v) is 25.4. The molecule has 0 aromatic carbocycles. The van der Waals surface area contributed by atoms with Crippen LogP contribution in [0.1, 0.15) is 322 Å². The zero-order valence-corrected chi connectivity index (χ0v) is 53.9. The van der Waals surface area contributed by atoms with Gasteiger partial charge in [0.15, 0.2) is 12.6 Å². The summed E-state index contributed by atoms with van der Waals surface area (Å²) in [6.07, 6.45) is 52.4. The monoisotopic (exact) mass is 1200 g/mol. The summed E-state index contributed by atoms with van der Waals surface area (Å²) in [7, 11) is 0. The number of nitrogens with one attached hydrogen (secondary N) is 1. The highest BCUT2D eigenvalue weighted by atomic mass is 16.7. The first-order valence-electron chi connectivity index (χ1n) is 35.6. The Balaban J connectivity index is 1.69. The largest absolute Gasteiger partial charge is 0.394 e. The zero-order chi connectivity index (χ0) is 60.9. The number of rotatable bonds is 59. The molecule has 1 amide bonds. The Bertz CT molecular complexity index is 1500. The molecule has 2 heterocycles. The zero-order valence-electron chi connectivity index (χ0n) is 53.9. The second-order valence-electron chi connectivity index (χ2n) is 25.4. The molecule has 0 bridgehead atoms. The molecule has 2 rings (SSSR count). The SMILES string of the molecule is CCCCCCCCCCCCCCCCCCCCCCCC/C=C/CC/C=C/C(O)C(COC1OC(CO)C(OC2OC(CO)C(O)C(O)C2O)C(O)C1O)NC(=O)CCCCCCCCCCCCCCCCCCCCCCCC. The minimum Gasteiger partial charge on any atom is -0.394 e. The van der Waals surface area contributed by atoms with E-state index in [0.29, 0.717) is 12.8 Å². The predicted molar refractivity (Wildman–Crippen MR) is 342 cm³/mol. The van der Waals surface area contributed by atoms with Crippen LogP contribution in [0.4, 0.5) is 0 Å². The molecule has 0 radical (unpaired) electrons. The molecule has 12 atom stereocenters. The van der Waals surface area contributed by atoms with Crippen LogP contribution >= 0.6 is 0 Å². The highest BCUT2D eigenvalue weighted by Crippen LogP contribution is 2.30. The van der Waals surface area contributed by atoms with Crippen molar-refractivity contribution >= 4 is 5.91 Å². The second kappa shape index (κ2) is 55.5. The molecule has 14 nitrogen and oxygen atoms in total. The van der Waals surface area contributed by atoms with Crippen LogP contribution in [0.2, 0.25) is 0 Å². The van der Waals surface area contributed by atoms with E-state index in [1.807, 2.05) is 6.08 Å². The number of allylic oxidation sites excluding steroid dienone is 3. The van der Waals surface area contributed by atoms with E-state index < -0.39 is 86.8 Å². The first-order valence-corrected chi connectivity index (χ1v) is 35.6. The van der Waals surface area contributed by atoms with Crippen molar-refractivity contribution < 1.29 is 64.6 Å². The maximum Gasteiger partial charge on any atom is 0.220 e. The van der Waals surface area contributed by atoms with Crippen LogP contribution in [0.25, 0.3) is 0 Å². The summed E-state index contributed by atoms with van der Waals surface area (Å²) in [6.45, 7) is 2.84. The average Bonchev–Trinajstić information content (AvgIpc) is 3.64. The fourth-order valence-corrected chi connectivity index (χ4v) is 12.0. The maximum absolute atomic E-state index is 13.3. The molecule has 0 aromatic rings. The van der Waals surface area contributed by atoms with Gasteiger partial charge in [0.25, 0.3) is 0 Å². The summed E-state index contributed by atoms with van der Waals surface area (Å²) < 4.78 is 22.8. The third-order valence-electron chi connectivity index (χ3n) is 17.6. The van der Waals surface area contributed by atoms with Crippen LogP contribution in [0.15, 0.2) is 24.3 Å². The van der Waals surface area contributed by atoms with Crippen molar-refractivity contribution in [2.75, 3.05) is 19.8 Å². The summed E-state index contributed by atoms with van der Waals surface area (Å²) in [5.74, 6) is -0.242. The van der Waals surface area contributed by atoms with Crippen molar-refractivity contribution in [3.05, 3.63) is 24.3 Å². The number of aliphatic hydroxyl groups excluding tert-OH is 8. The minimum atomic E-state index is -1.79. The van der Waals surface area contributed by atoms with Gasteiger partial charge in [-0.25, -0.2) is 0 Å². The maximum atomic E-state index is 13.3. The lowest BCUT2D eigenvalue weighted by molar-refractivity contribution is -0.359. The van der Waals surface area contributed by atoms with Gasteiger partial charge < -0.3 is 65.1 Å². The summed E-state index contributed by atoms with van der Waals surface area (Å²) in [4.78, 5) is 13.3. The number of hydrogen-bond donors (Lipinski definition) is 9. The van der Waals surface area contributed by atoms with E-state index in [0.717, 1.165) is 32.1 Å². The Morgan fingerprint density at radius 2 is 0.762 bits per heavy atom. The number of unbranched alkanes of at least 4 members (excludes halogenated alkanes) is 44. The number of amides is 1. The van der Waals surface area contributed by atoms with Crippen LogP contribution in [-0.2, 0) is 23.7 Å². The molecule has 9 N–H and O–H groups in total. The van der Waals surface area contributed by atoms with E-state index in [2.05, 4.69) is 31.3 Å². The van der Waals surface area contributed by atoms with E-state index in [-0.39, 0.29) is 18.9 Å². The molecular weight excluding hydrogens is 1060 g/mol. The van der Waals surface area contributed by atoms with Gasteiger partial charge in [0.1, 0.15) is 48.8 Å². The molecule has 2 saturated heterocycles. The molecule has 2 fully saturated rings. The third kappa shape index (κ3) is 39.5. The van der Waals surface area contributed by atoms with Crippen LogP contribution in [0.5, 0.6) is 0 Å². The molecule has 0 saturated carbocycles. The van der Waals surface area contributed by atoms with Gasteiger partial charge in [-0.1, -0.05) is 308 Å². The average molecular weight is 1200 g/mol. The first-order chi connectivity index (χ1) is 41.1. The smallest absolute Gasteiger partial charge is 0.220 e. The van der Waals surface area contributed by atoms with E-state index in [4.69, 9.17) is 18.9 Å². The van der Waals surface area contributed by atoms with E-state index in [1.165, 1.54) is 257 Å². The molecule has 84 heavy (non-hydrogen) atoms. The van der Waals surface area contributed by atoms with Crippen molar-refractivity contribution in [2.24, 2.45) is 0 Å². The number of carbonyl (C=O) groups is 1. The number of ether oxygens (including phenoxy) is 4. The molecule has 0 aromatic heterocycles. The summed E-state index contributed by atoms with van der Waals surface area (Å²) >= 11 is 0. The van der Waals surface area contributed by atoms with Crippen molar-refractivity contribution in [1.82, 2.24) is 5.32 Å². The summed E-state index contributed by atoms with van der Waals surface area (Å²) in [6, 6.07) is -0.929. The van der Waals surface area contributed by atoms with Gasteiger partial charge in [0.2, 0.25) is 5.91 Å². The highest BCUT2D eigenvalue weighted by Gasteiger charge is 2.51. The topological polar surface area (TPSA) is 228 Å². The minimum absolute atomic E-state index is 0.242. The van der Waals surface area contributed by atoms with Crippen LogP contribution < -0.4 is 5.32 Å². The van der Waals surface area contributed by atoms with Gasteiger partial charge in [0, 0.05) is 6.42 Å². The number of aliphatic hydroxyl groups is 8. The molecule has 496 valence electrons. The van der Waals surface area contributed by atoms with Crippen LogP contribution in [0, 0.1) is 0 Å². The Hall–Kier alpha value is -1.53. The standard InChI is InChI=1S/C70H133NO13/c1-3-5-7-9-11-13-15-17-19-21-23-25-27-28-29-30-31-32-33-35-37-39-41-43-45-47-49-51-53-59(74)58(57-81-69-67(80)65(78)68(61(56-73)83-69)84-70-66(79)64(77)63(76)60(55-72)82-70)71-62(75)54-52-50-48-46-44-42-40-38-36-34-26-24-22-20-18-16-14-12-10-8-6-4-2/h43,45,51,53,58-61,63-70,72-74,76-80H,3-42,44,46-50,52,54-57H2,1-2H3,(H,71,75)/b45-43+,53-51+. The fourth-order valence-electron chi connectivity index (χ4n) is 12.0. The third-order valence-corrected chi connectivity index (χ3v) is 17.6. The van der Waals surface area contributed by atoms with Crippen molar-refractivity contribution in [3.8, 4) is 0 Å². The Morgan fingerprint density at radius 3 is 1.17 bits per heavy atom. The summed E-state index contributed by atoms with van der Waals surface area (Å²) in [5, 5.41) is 87.4. The van der Waals surface area contributed by atoms with Gasteiger partial charge >= 0.3 is 0 Å². The quantitative estimate of drug-likeness (QED) is 0.0204. The van der Waals surface area contributed by atoms with Gasteiger partial charge in [0.05, 0.1) is 32.0 Å². The molecular formula is C70H133NO13. The van der Waals surface area contributed by atoms with Crippen molar-refractivity contribution in [1.29, 1.82) is 0 Å². The number of carbonyl (C=O) groups excluding carboxylic acids is 1. The molecule has 0 aliphatic carbocycles. The first kappa shape index (κ1) is 78.6. The van der Waals surface area contributed by atoms with Gasteiger partial charge in [-0.3, -0.25) is 4.79 Å². The van der Waals surface area contributed by atoms with Gasteiger partial charge in [-0.05, 0) is 32.1 Å². The lowest BCUT2D eigenvalue weighted by Gasteiger charge is -2.46. The normalized spacial score (nSPS) is 23.7. The fraction of sp³-hybridized carbons (Fsp3) is 0.929. The molecule has 0 spiro atoms. The lowest BCUT2D eigenvalue weighted by Crippen LogP contribution is -2.65. The Labute approximate surface area is 513 Å². The van der Waals surface area contributed by atoms with Gasteiger partial charge in [-0.2, -0.15) is 0 Å². The van der Waals surface area contributed by atoms with Crippen molar-refractivity contribution in [2.45, 2.75) is 396 Å². The lowest BCUT2D eigenvalue weighted by atomic mass is 9.97. The Kier molecular flexibility index (Phi) is 51.9. The van der Waals surface area contributed by atoms with E-state index in [1.54, 1.807) is 6.08 Å². The van der Waals surface area contributed by atoms with E-state index in [9.17, 15) is 45.6 Å². The molecule has 12 unspecified atom stereocenters. The van der Waals surface area contributed by atoms with E-state index >= 15 is 0 Å². The Morgan fingerprint density at radius 1 is 0.417 bits per heavy atom. The van der Waals surface area contributed by atoms with Crippen LogP contribution in [0.3, 0.4) is 0 Å². The van der Waals surface area contributed by atoms with Gasteiger partial charge in [-0.15, -0.1) is 0 Å². The number of hydrogen-bond acceptors (Lipinski definition) is 13. The molecule has 14 heteroatoms. The molecule has 2 aliphatic heterocycles. The highest BCUT2D eigenvalue weighted by molar-refractivity contribution is 5.76. The predicted octanol–water partition coefficient (Wildman–Crippen LogP) is 14.3. The molecule has 2 aliphatic rings. The summed E-state index contributed by atoms with van der Waals surface area (Å²) in [5.41, 5.74) is 0.